The van der Waals surface area contributed by atoms with E-state index < -0.39 is 61.6 Å². The summed E-state index contributed by atoms with van der Waals surface area (Å²) in [4.78, 5) is 0. The van der Waals surface area contributed by atoms with Crippen LogP contribution in [0.15, 0.2) is 152 Å². The second-order valence-electron chi connectivity index (χ2n) is 14.8. The van der Waals surface area contributed by atoms with Gasteiger partial charge < -0.3 is 47.4 Å². The van der Waals surface area contributed by atoms with Crippen molar-refractivity contribution in [3.63, 3.8) is 0 Å². The van der Waals surface area contributed by atoms with E-state index in [0.29, 0.717) is 39.5 Å². The van der Waals surface area contributed by atoms with Gasteiger partial charge in [0.1, 0.15) is 36.6 Å². The van der Waals surface area contributed by atoms with Crippen molar-refractivity contribution >= 4 is 0 Å². The van der Waals surface area contributed by atoms with Crippen molar-refractivity contribution in [2.45, 2.75) is 94.4 Å². The van der Waals surface area contributed by atoms with Crippen molar-refractivity contribution in [2.75, 3.05) is 20.3 Å². The molecule has 0 bridgehead atoms. The Morgan fingerprint density at radius 1 is 0.534 bits per heavy atom. The number of rotatable bonds is 17. The van der Waals surface area contributed by atoms with Gasteiger partial charge in [-0.05, 0) is 22.3 Å². The molecule has 10 atom stereocenters. The molecule has 3 aliphatic heterocycles. The van der Waals surface area contributed by atoms with Crippen LogP contribution in [0, 0.1) is 0 Å². The smallest absolute Gasteiger partial charge is 0.186 e. The number of hydrogen-bond donors (Lipinski definition) is 0. The van der Waals surface area contributed by atoms with E-state index in [-0.39, 0.29) is 6.61 Å². The van der Waals surface area contributed by atoms with E-state index in [4.69, 9.17) is 47.4 Å². The summed E-state index contributed by atoms with van der Waals surface area (Å²) < 4.78 is 65.8. The van der Waals surface area contributed by atoms with E-state index in [9.17, 15) is 0 Å². The predicted octanol–water partition coefficient (Wildman–Crippen LogP) is 7.95. The van der Waals surface area contributed by atoms with Gasteiger partial charge in [0.15, 0.2) is 18.9 Å². The summed E-state index contributed by atoms with van der Waals surface area (Å²) in [5.41, 5.74) is 5.08. The van der Waals surface area contributed by atoms with E-state index in [1.54, 1.807) is 7.11 Å². The van der Waals surface area contributed by atoms with Gasteiger partial charge in [0.05, 0.1) is 45.7 Å². The van der Waals surface area contributed by atoms with E-state index in [2.05, 4.69) is 12.1 Å². The quantitative estimate of drug-likeness (QED) is 0.0925. The molecule has 3 aliphatic rings. The average molecular weight is 789 g/mol. The molecule has 10 heteroatoms. The van der Waals surface area contributed by atoms with E-state index in [1.807, 2.05) is 140 Å². The van der Waals surface area contributed by atoms with Gasteiger partial charge in [-0.2, -0.15) is 0 Å². The minimum Gasteiger partial charge on any atom is -0.374 e. The fourth-order valence-electron chi connectivity index (χ4n) is 7.69. The first-order chi connectivity index (χ1) is 28.7. The van der Waals surface area contributed by atoms with E-state index in [1.165, 1.54) is 0 Å². The van der Waals surface area contributed by atoms with E-state index >= 15 is 0 Å². The molecule has 0 spiro atoms. The van der Waals surface area contributed by atoms with Crippen molar-refractivity contribution in [3.8, 4) is 0 Å². The lowest BCUT2D eigenvalue weighted by Gasteiger charge is -2.50. The predicted molar refractivity (Wildman–Crippen MR) is 215 cm³/mol. The highest BCUT2D eigenvalue weighted by Crippen LogP contribution is 2.39. The highest BCUT2D eigenvalue weighted by atomic mass is 16.8. The first-order valence-electron chi connectivity index (χ1n) is 20.1. The van der Waals surface area contributed by atoms with Crippen molar-refractivity contribution in [3.05, 3.63) is 179 Å². The first kappa shape index (κ1) is 40.5. The van der Waals surface area contributed by atoms with Crippen LogP contribution in [0.25, 0.3) is 0 Å². The molecule has 10 nitrogen and oxygen atoms in total. The standard InChI is InChI=1S/C48H52O10/c1-49-48-46(45(53-31-37-23-13-5-14-24-37)44-41(56-48)33-54-47(58-44)38-25-15-6-16-26-38)57-42-27-39(51-29-35-19-9-3-10-20-35)43(52-30-36-21-11-4-12-22-36)40(55-42)32-50-28-34-17-7-2-8-18-34/h2-26,39-48H,27-33H2,1H3/t39-,40-,41-,42-,43+,44-,45+,46-,47-,48+/m1/s1. The van der Waals surface area contributed by atoms with Crippen LogP contribution >= 0.6 is 0 Å². The highest BCUT2D eigenvalue weighted by molar-refractivity contribution is 5.18. The third kappa shape index (κ3) is 10.7. The fourth-order valence-corrected chi connectivity index (χ4v) is 7.69. The van der Waals surface area contributed by atoms with Crippen LogP contribution in [0.4, 0.5) is 0 Å². The Hall–Kier alpha value is -4.30. The molecule has 5 aromatic rings. The van der Waals surface area contributed by atoms with Crippen LogP contribution in [-0.2, 0) is 73.8 Å². The van der Waals surface area contributed by atoms with Crippen molar-refractivity contribution in [2.24, 2.45) is 0 Å². The van der Waals surface area contributed by atoms with Crippen LogP contribution in [0.2, 0.25) is 0 Å². The molecule has 0 unspecified atom stereocenters. The minimum atomic E-state index is -0.811. The Morgan fingerprint density at radius 3 is 1.62 bits per heavy atom. The molecule has 0 saturated carbocycles. The van der Waals surface area contributed by atoms with Gasteiger partial charge in [-0.1, -0.05) is 152 Å². The molecule has 304 valence electrons. The molecule has 3 saturated heterocycles. The van der Waals surface area contributed by atoms with Gasteiger partial charge in [-0.15, -0.1) is 0 Å². The Kier molecular flexibility index (Phi) is 14.4. The van der Waals surface area contributed by atoms with Gasteiger partial charge >= 0.3 is 0 Å². The lowest BCUT2D eigenvalue weighted by atomic mass is 9.96. The molecule has 5 aromatic carbocycles. The maximum atomic E-state index is 7.01. The third-order valence-electron chi connectivity index (χ3n) is 10.7. The minimum absolute atomic E-state index is 0.242. The molecule has 0 amide bonds. The van der Waals surface area contributed by atoms with Crippen LogP contribution in [0.1, 0.15) is 40.5 Å². The number of ether oxygens (including phenoxy) is 10. The number of fused-ring (bicyclic) bond motifs is 1. The summed E-state index contributed by atoms with van der Waals surface area (Å²) in [6.45, 7) is 2.03. The second kappa shape index (κ2) is 20.6. The highest BCUT2D eigenvalue weighted by Gasteiger charge is 2.53. The van der Waals surface area contributed by atoms with Crippen LogP contribution in [-0.4, -0.2) is 75.6 Å². The van der Waals surface area contributed by atoms with Gasteiger partial charge in [0.25, 0.3) is 0 Å². The van der Waals surface area contributed by atoms with Crippen LogP contribution in [0.3, 0.4) is 0 Å². The lowest BCUT2D eigenvalue weighted by molar-refractivity contribution is -0.388. The molecule has 0 radical (unpaired) electrons. The first-order valence-corrected chi connectivity index (χ1v) is 20.1. The zero-order chi connectivity index (χ0) is 39.4. The Labute approximate surface area is 340 Å². The average Bonchev–Trinajstić information content (AvgIpc) is 3.29. The summed E-state index contributed by atoms with van der Waals surface area (Å²) in [7, 11) is 1.61. The Morgan fingerprint density at radius 2 is 1.05 bits per heavy atom. The third-order valence-corrected chi connectivity index (χ3v) is 10.7. The largest absolute Gasteiger partial charge is 0.374 e. The van der Waals surface area contributed by atoms with Crippen molar-refractivity contribution < 1.29 is 47.4 Å². The SMILES string of the molecule is CO[C@H]1O[C@@H]2CO[C@@H](c3ccccc3)O[C@H]2[C@H](OCc2ccccc2)[C@H]1O[C@@H]1C[C@@H](OCc2ccccc2)[C@H](OCc2ccccc2)[C@@H](COCc2ccccc2)O1. The monoisotopic (exact) mass is 788 g/mol. The van der Waals surface area contributed by atoms with Crippen molar-refractivity contribution in [1.29, 1.82) is 0 Å². The van der Waals surface area contributed by atoms with Crippen molar-refractivity contribution in [1.82, 2.24) is 0 Å². The number of methoxy groups -OCH3 is 1. The number of benzene rings is 5. The normalized spacial score (nSPS) is 28.4. The summed E-state index contributed by atoms with van der Waals surface area (Å²) in [5, 5.41) is 0. The zero-order valence-corrected chi connectivity index (χ0v) is 32.7. The maximum absolute atomic E-state index is 7.01. The van der Waals surface area contributed by atoms with Gasteiger partial charge in [0.2, 0.25) is 0 Å². The molecule has 3 fully saturated rings. The van der Waals surface area contributed by atoms with Gasteiger partial charge in [-0.3, -0.25) is 0 Å². The molecule has 8 rings (SSSR count). The fraction of sp³-hybridized carbons (Fsp3) is 0.375. The Balaban J connectivity index is 1.07. The zero-order valence-electron chi connectivity index (χ0n) is 32.7. The summed E-state index contributed by atoms with van der Waals surface area (Å²) in [5.74, 6) is 0. The van der Waals surface area contributed by atoms with Gasteiger partial charge in [0, 0.05) is 19.1 Å². The summed E-state index contributed by atoms with van der Waals surface area (Å²) in [6, 6.07) is 50.2. The van der Waals surface area contributed by atoms with Gasteiger partial charge in [-0.25, -0.2) is 0 Å². The number of hydrogen-bond acceptors (Lipinski definition) is 10. The second-order valence-corrected chi connectivity index (χ2v) is 14.8. The Bertz CT molecular complexity index is 1900. The molecular weight excluding hydrogens is 737 g/mol. The molecule has 0 aromatic heterocycles. The summed E-state index contributed by atoms with van der Waals surface area (Å²) in [6.07, 6.45) is -5.63. The maximum Gasteiger partial charge on any atom is 0.186 e. The van der Waals surface area contributed by atoms with Crippen LogP contribution < -0.4 is 0 Å². The van der Waals surface area contributed by atoms with E-state index in [0.717, 1.165) is 27.8 Å². The topological polar surface area (TPSA) is 92.3 Å². The lowest BCUT2D eigenvalue weighted by Crippen LogP contribution is -2.64. The molecule has 3 heterocycles. The molecule has 58 heavy (non-hydrogen) atoms. The molecule has 0 N–H and O–H groups in total. The van der Waals surface area contributed by atoms with Crippen LogP contribution in [0.5, 0.6) is 0 Å². The summed E-state index contributed by atoms with van der Waals surface area (Å²) >= 11 is 0. The molecular formula is C48H52O10. The molecule has 0 aliphatic carbocycles.